The highest BCUT2D eigenvalue weighted by molar-refractivity contribution is 6.03. The largest absolute Gasteiger partial charge is 0.351 e. The van der Waals surface area contributed by atoms with E-state index in [0.717, 1.165) is 12.8 Å². The lowest BCUT2D eigenvalue weighted by Crippen LogP contribution is -2.26. The van der Waals surface area contributed by atoms with Crippen molar-refractivity contribution in [3.63, 3.8) is 0 Å². The number of amides is 3. The second-order valence-electron chi connectivity index (χ2n) is 5.16. The molecule has 4 N–H and O–H groups in total. The van der Waals surface area contributed by atoms with Crippen LogP contribution < -0.4 is 21.9 Å². The maximum atomic E-state index is 12.3. The van der Waals surface area contributed by atoms with Crippen LogP contribution in [0.4, 0.5) is 16.2 Å². The van der Waals surface area contributed by atoms with Crippen molar-refractivity contribution in [3.05, 3.63) is 52.4 Å². The van der Waals surface area contributed by atoms with Gasteiger partial charge in [-0.05, 0) is 30.7 Å². The second-order valence-corrected chi connectivity index (χ2v) is 5.16. The third kappa shape index (κ3) is 4.67. The van der Waals surface area contributed by atoms with Crippen LogP contribution >= 0.6 is 0 Å². The molecule has 2 aromatic rings. The molecule has 1 heterocycles. The highest BCUT2D eigenvalue weighted by Crippen LogP contribution is 2.15. The Morgan fingerprint density at radius 1 is 1.17 bits per heavy atom. The normalized spacial score (nSPS) is 10.2. The third-order valence-electron chi connectivity index (χ3n) is 3.21. The van der Waals surface area contributed by atoms with Gasteiger partial charge in [-0.1, -0.05) is 19.4 Å². The van der Waals surface area contributed by atoms with Crippen LogP contribution in [0.15, 0.2) is 41.2 Å². The molecule has 24 heavy (non-hydrogen) atoms. The Bertz CT molecular complexity index is 800. The molecule has 126 valence electrons. The van der Waals surface area contributed by atoms with Crippen molar-refractivity contribution in [2.75, 3.05) is 10.6 Å². The van der Waals surface area contributed by atoms with E-state index in [1.807, 2.05) is 6.92 Å². The van der Waals surface area contributed by atoms with Crippen LogP contribution in [0.5, 0.6) is 0 Å². The number of hydrogen-bond donors (Lipinski definition) is 3. The van der Waals surface area contributed by atoms with Gasteiger partial charge in [0.15, 0.2) is 0 Å². The fourth-order valence-electron chi connectivity index (χ4n) is 2.05. The summed E-state index contributed by atoms with van der Waals surface area (Å²) in [5, 5.41) is 9.17. The van der Waals surface area contributed by atoms with Crippen molar-refractivity contribution in [2.24, 2.45) is 5.73 Å². The Morgan fingerprint density at radius 3 is 2.54 bits per heavy atom. The number of aromatic nitrogens is 2. The summed E-state index contributed by atoms with van der Waals surface area (Å²) in [6.07, 6.45) is 1.73. The number of primary amides is 1. The first-order chi connectivity index (χ1) is 11.5. The smallest absolute Gasteiger partial charge is 0.316 e. The van der Waals surface area contributed by atoms with Crippen LogP contribution in [0, 0.1) is 0 Å². The standard InChI is InChI=1S/C16H19N5O3/c1-2-3-9-21-14(22)8-7-13(20-21)15(23)18-11-5-4-6-12(10-11)19-16(17)24/h4-8,10H,2-3,9H2,1H3,(H,18,23)(H3,17,19,24). The van der Waals surface area contributed by atoms with E-state index in [1.54, 1.807) is 24.3 Å². The van der Waals surface area contributed by atoms with Gasteiger partial charge in [-0.3, -0.25) is 9.59 Å². The summed E-state index contributed by atoms with van der Waals surface area (Å²) in [6, 6.07) is 8.55. The van der Waals surface area contributed by atoms with Gasteiger partial charge in [0.2, 0.25) is 0 Å². The molecule has 0 saturated heterocycles. The van der Waals surface area contributed by atoms with Crippen LogP contribution in [-0.4, -0.2) is 21.7 Å². The van der Waals surface area contributed by atoms with E-state index in [2.05, 4.69) is 15.7 Å². The highest BCUT2D eigenvalue weighted by Gasteiger charge is 2.10. The third-order valence-corrected chi connectivity index (χ3v) is 3.21. The predicted octanol–water partition coefficient (Wildman–Crippen LogP) is 1.79. The van der Waals surface area contributed by atoms with Gasteiger partial charge in [0, 0.05) is 24.0 Å². The summed E-state index contributed by atoms with van der Waals surface area (Å²) in [4.78, 5) is 34.9. The Hall–Kier alpha value is -3.16. The lowest BCUT2D eigenvalue weighted by molar-refractivity contribution is 0.101. The molecule has 1 aromatic heterocycles. The zero-order chi connectivity index (χ0) is 17.5. The van der Waals surface area contributed by atoms with Gasteiger partial charge in [-0.25, -0.2) is 9.48 Å². The van der Waals surface area contributed by atoms with Gasteiger partial charge < -0.3 is 16.4 Å². The molecule has 0 atom stereocenters. The molecule has 8 heteroatoms. The van der Waals surface area contributed by atoms with Gasteiger partial charge in [0.25, 0.3) is 11.5 Å². The number of nitrogens with one attached hydrogen (secondary N) is 2. The summed E-state index contributed by atoms with van der Waals surface area (Å²) in [7, 11) is 0. The number of rotatable bonds is 6. The number of benzene rings is 1. The van der Waals surface area contributed by atoms with Crippen molar-refractivity contribution in [2.45, 2.75) is 26.3 Å². The van der Waals surface area contributed by atoms with Crippen molar-refractivity contribution in [1.82, 2.24) is 9.78 Å². The molecule has 1 aromatic carbocycles. The number of anilines is 2. The molecule has 0 spiro atoms. The number of carbonyl (C=O) groups excluding carboxylic acids is 2. The van der Waals surface area contributed by atoms with E-state index in [-0.39, 0.29) is 11.3 Å². The number of nitrogens with zero attached hydrogens (tertiary/aromatic N) is 2. The van der Waals surface area contributed by atoms with Crippen LogP contribution in [0.2, 0.25) is 0 Å². The van der Waals surface area contributed by atoms with Crippen molar-refractivity contribution in [1.29, 1.82) is 0 Å². The first-order valence-corrected chi connectivity index (χ1v) is 7.55. The van der Waals surface area contributed by atoms with Crippen LogP contribution in [0.1, 0.15) is 30.3 Å². The van der Waals surface area contributed by atoms with Gasteiger partial charge in [-0.2, -0.15) is 5.10 Å². The predicted molar refractivity (Wildman–Crippen MR) is 91.0 cm³/mol. The maximum absolute atomic E-state index is 12.3. The molecule has 8 nitrogen and oxygen atoms in total. The lowest BCUT2D eigenvalue weighted by atomic mass is 10.2. The quantitative estimate of drug-likeness (QED) is 0.748. The molecule has 0 aliphatic carbocycles. The molecule has 0 aliphatic rings. The van der Waals surface area contributed by atoms with E-state index in [4.69, 9.17) is 5.73 Å². The zero-order valence-corrected chi connectivity index (χ0v) is 13.3. The number of aryl methyl sites for hydroxylation is 1. The fraction of sp³-hybridized carbons (Fsp3) is 0.250. The van der Waals surface area contributed by atoms with E-state index in [1.165, 1.54) is 16.8 Å². The fourth-order valence-corrected chi connectivity index (χ4v) is 2.05. The molecule has 0 aliphatic heterocycles. The Morgan fingerprint density at radius 2 is 1.88 bits per heavy atom. The SMILES string of the molecule is CCCCn1nc(C(=O)Nc2cccc(NC(N)=O)c2)ccc1=O. The van der Waals surface area contributed by atoms with E-state index in [0.29, 0.717) is 17.9 Å². The van der Waals surface area contributed by atoms with E-state index >= 15 is 0 Å². The average Bonchev–Trinajstić information content (AvgIpc) is 2.53. The number of hydrogen-bond acceptors (Lipinski definition) is 4. The maximum Gasteiger partial charge on any atom is 0.316 e. The molecular formula is C16H19N5O3. The molecule has 3 amide bonds. The van der Waals surface area contributed by atoms with Gasteiger partial charge in [-0.15, -0.1) is 0 Å². The average molecular weight is 329 g/mol. The molecule has 0 fully saturated rings. The number of nitrogens with two attached hydrogens (primary N) is 1. The van der Waals surface area contributed by atoms with Crippen molar-refractivity contribution >= 4 is 23.3 Å². The van der Waals surface area contributed by atoms with Crippen molar-refractivity contribution in [3.8, 4) is 0 Å². The van der Waals surface area contributed by atoms with E-state index < -0.39 is 11.9 Å². The van der Waals surface area contributed by atoms with Crippen molar-refractivity contribution < 1.29 is 9.59 Å². The first kappa shape index (κ1) is 17.2. The summed E-state index contributed by atoms with van der Waals surface area (Å²) >= 11 is 0. The zero-order valence-electron chi connectivity index (χ0n) is 13.3. The molecule has 0 radical (unpaired) electrons. The van der Waals surface area contributed by atoms with Gasteiger partial charge in [0.1, 0.15) is 5.69 Å². The Labute approximate surface area is 138 Å². The summed E-state index contributed by atoms with van der Waals surface area (Å²) in [6.45, 7) is 2.48. The number of urea groups is 1. The Balaban J connectivity index is 2.15. The molecule has 0 saturated carbocycles. The minimum Gasteiger partial charge on any atom is -0.351 e. The molecule has 0 bridgehead atoms. The first-order valence-electron chi connectivity index (χ1n) is 7.55. The summed E-state index contributed by atoms with van der Waals surface area (Å²) < 4.78 is 1.28. The number of carbonyl (C=O) groups is 2. The second kappa shape index (κ2) is 7.91. The van der Waals surface area contributed by atoms with Crippen LogP contribution in [0.3, 0.4) is 0 Å². The molecule has 0 unspecified atom stereocenters. The molecule has 2 rings (SSSR count). The topological polar surface area (TPSA) is 119 Å². The van der Waals surface area contributed by atoms with Crippen LogP contribution in [-0.2, 0) is 6.54 Å². The molecular weight excluding hydrogens is 310 g/mol. The number of unbranched alkanes of at least 4 members (excludes halogenated alkanes) is 1. The highest BCUT2D eigenvalue weighted by atomic mass is 16.2. The minimum atomic E-state index is -0.692. The lowest BCUT2D eigenvalue weighted by Gasteiger charge is -2.09. The monoisotopic (exact) mass is 329 g/mol. The Kier molecular flexibility index (Phi) is 5.67. The van der Waals surface area contributed by atoms with E-state index in [9.17, 15) is 14.4 Å². The summed E-state index contributed by atoms with van der Waals surface area (Å²) in [5.74, 6) is -0.448. The minimum absolute atomic E-state index is 0.138. The van der Waals surface area contributed by atoms with Gasteiger partial charge >= 0.3 is 6.03 Å². The van der Waals surface area contributed by atoms with Crippen LogP contribution in [0.25, 0.3) is 0 Å². The van der Waals surface area contributed by atoms with Gasteiger partial charge in [0.05, 0.1) is 0 Å². The summed E-state index contributed by atoms with van der Waals surface area (Å²) in [5.41, 5.74) is 5.88.